The molecule has 4 rings (SSSR count). The Morgan fingerprint density at radius 3 is 2.29 bits per heavy atom. The van der Waals surface area contributed by atoms with Crippen LogP contribution in [0.15, 0.2) is 72.8 Å². The summed E-state index contributed by atoms with van der Waals surface area (Å²) >= 11 is 0. The standard InChI is InChI=1S/C32H39N3O6S/c1-4-33-32(37)28(21-25-9-6-5-7-10-25)34(23-26-14-12-24(2)13-15-26)31(36)11-8-18-35(42(3,38)39)27-16-17-29-30(22-27)41-20-19-40-29/h5-7,9-10,12-17,22,28H,4,8,11,18-21,23H2,1-3H3,(H,33,37)/t28-/m1/s1. The maximum absolute atomic E-state index is 13.9. The van der Waals surface area contributed by atoms with Gasteiger partial charge in [-0.2, -0.15) is 0 Å². The van der Waals surface area contributed by atoms with Gasteiger partial charge in [-0.05, 0) is 43.5 Å². The third-order valence-corrected chi connectivity index (χ3v) is 8.26. The smallest absolute Gasteiger partial charge is 0.243 e. The zero-order chi connectivity index (χ0) is 30.1. The molecule has 0 bridgehead atoms. The summed E-state index contributed by atoms with van der Waals surface area (Å²) in [5, 5.41) is 2.89. The predicted octanol–water partition coefficient (Wildman–Crippen LogP) is 4.09. The fourth-order valence-electron chi connectivity index (χ4n) is 4.93. The van der Waals surface area contributed by atoms with E-state index in [4.69, 9.17) is 9.47 Å². The number of sulfonamides is 1. The second kappa shape index (κ2) is 14.2. The number of likely N-dealkylation sites (N-methyl/N-ethyl adjacent to an activating group) is 1. The lowest BCUT2D eigenvalue weighted by Gasteiger charge is -2.32. The van der Waals surface area contributed by atoms with Crippen LogP contribution < -0.4 is 19.1 Å². The summed E-state index contributed by atoms with van der Waals surface area (Å²) in [6, 6.07) is 21.8. The van der Waals surface area contributed by atoms with Crippen LogP contribution in [0.25, 0.3) is 0 Å². The van der Waals surface area contributed by atoms with E-state index in [0.29, 0.717) is 43.4 Å². The average Bonchev–Trinajstić information content (AvgIpc) is 2.97. The molecule has 2 amide bonds. The van der Waals surface area contributed by atoms with Gasteiger partial charge in [-0.15, -0.1) is 0 Å². The van der Waals surface area contributed by atoms with Crippen molar-refractivity contribution >= 4 is 27.5 Å². The molecule has 3 aromatic carbocycles. The lowest BCUT2D eigenvalue weighted by atomic mass is 10.0. The highest BCUT2D eigenvalue weighted by molar-refractivity contribution is 7.92. The molecule has 1 aliphatic heterocycles. The van der Waals surface area contributed by atoms with Gasteiger partial charge in [0.2, 0.25) is 21.8 Å². The number of aryl methyl sites for hydroxylation is 1. The number of rotatable bonds is 13. The Hall–Kier alpha value is -4.05. The summed E-state index contributed by atoms with van der Waals surface area (Å²) in [4.78, 5) is 28.8. The van der Waals surface area contributed by atoms with E-state index in [1.54, 1.807) is 23.1 Å². The fraction of sp³-hybridized carbons (Fsp3) is 0.375. The largest absolute Gasteiger partial charge is 0.486 e. The van der Waals surface area contributed by atoms with Crippen molar-refractivity contribution in [2.75, 3.05) is 36.9 Å². The van der Waals surface area contributed by atoms with Crippen molar-refractivity contribution in [2.45, 2.75) is 45.7 Å². The summed E-state index contributed by atoms with van der Waals surface area (Å²) in [7, 11) is -3.65. The third-order valence-electron chi connectivity index (χ3n) is 7.06. The average molecular weight is 594 g/mol. The Kier molecular flexibility index (Phi) is 10.5. The van der Waals surface area contributed by atoms with E-state index in [1.165, 1.54) is 4.31 Å². The van der Waals surface area contributed by atoms with E-state index in [1.807, 2.05) is 68.4 Å². The molecule has 9 nitrogen and oxygen atoms in total. The molecule has 1 aliphatic rings. The second-order valence-electron chi connectivity index (χ2n) is 10.4. The summed E-state index contributed by atoms with van der Waals surface area (Å²) in [5.74, 6) is 0.600. The van der Waals surface area contributed by atoms with Crippen LogP contribution in [0.4, 0.5) is 5.69 Å². The van der Waals surface area contributed by atoms with Crippen molar-refractivity contribution in [1.29, 1.82) is 0 Å². The van der Waals surface area contributed by atoms with Crippen molar-refractivity contribution in [1.82, 2.24) is 10.2 Å². The maximum atomic E-state index is 13.9. The molecule has 1 heterocycles. The molecule has 0 radical (unpaired) electrons. The van der Waals surface area contributed by atoms with Gasteiger partial charge in [0.1, 0.15) is 19.3 Å². The van der Waals surface area contributed by atoms with Crippen LogP contribution in [-0.2, 0) is 32.6 Å². The first-order valence-corrected chi connectivity index (χ1v) is 16.0. The number of ether oxygens (including phenoxy) is 2. The van der Waals surface area contributed by atoms with Crippen LogP contribution in [0.2, 0.25) is 0 Å². The minimum Gasteiger partial charge on any atom is -0.486 e. The van der Waals surface area contributed by atoms with Crippen LogP contribution >= 0.6 is 0 Å². The van der Waals surface area contributed by atoms with Crippen molar-refractivity contribution < 1.29 is 27.5 Å². The number of fused-ring (bicyclic) bond motifs is 1. The number of carbonyl (C=O) groups excluding carboxylic acids is 2. The third kappa shape index (κ3) is 8.25. The molecule has 224 valence electrons. The molecule has 1 N–H and O–H groups in total. The van der Waals surface area contributed by atoms with Gasteiger partial charge in [-0.25, -0.2) is 8.42 Å². The molecule has 0 fully saturated rings. The molecule has 0 spiro atoms. The molecule has 10 heteroatoms. The first-order valence-electron chi connectivity index (χ1n) is 14.2. The molecule has 3 aromatic rings. The summed E-state index contributed by atoms with van der Waals surface area (Å²) in [6.45, 7) is 5.45. The second-order valence-corrected chi connectivity index (χ2v) is 12.3. The van der Waals surface area contributed by atoms with E-state index in [0.717, 1.165) is 22.9 Å². The molecular formula is C32H39N3O6S. The summed E-state index contributed by atoms with van der Waals surface area (Å²) in [5.41, 5.74) is 3.39. The Labute approximate surface area is 248 Å². The molecule has 0 unspecified atom stereocenters. The minimum absolute atomic E-state index is 0.0626. The number of anilines is 1. The number of carbonyl (C=O) groups is 2. The first kappa shape index (κ1) is 30.9. The first-order chi connectivity index (χ1) is 20.2. The zero-order valence-corrected chi connectivity index (χ0v) is 25.2. The molecule has 0 saturated carbocycles. The highest BCUT2D eigenvalue weighted by Crippen LogP contribution is 2.34. The number of nitrogens with one attached hydrogen (secondary N) is 1. The van der Waals surface area contributed by atoms with Gasteiger partial charge in [0.05, 0.1) is 11.9 Å². The number of amides is 2. The Morgan fingerprint density at radius 1 is 0.929 bits per heavy atom. The Bertz CT molecular complexity index is 1460. The van der Waals surface area contributed by atoms with Crippen LogP contribution in [0.1, 0.15) is 36.5 Å². The predicted molar refractivity (Wildman–Crippen MR) is 163 cm³/mol. The highest BCUT2D eigenvalue weighted by Gasteiger charge is 2.30. The van der Waals surface area contributed by atoms with Crippen LogP contribution in [-0.4, -0.2) is 63.7 Å². The quantitative estimate of drug-likeness (QED) is 0.320. The van der Waals surface area contributed by atoms with Crippen LogP contribution in [0.5, 0.6) is 11.5 Å². The number of hydrogen-bond donors (Lipinski definition) is 1. The minimum atomic E-state index is -3.65. The number of benzene rings is 3. The molecule has 0 aliphatic carbocycles. The van der Waals surface area contributed by atoms with Gasteiger partial charge in [0.15, 0.2) is 11.5 Å². The van der Waals surface area contributed by atoms with Gasteiger partial charge >= 0.3 is 0 Å². The zero-order valence-electron chi connectivity index (χ0n) is 24.4. The van der Waals surface area contributed by atoms with Gasteiger partial charge in [-0.1, -0.05) is 60.2 Å². The van der Waals surface area contributed by atoms with Crippen molar-refractivity contribution in [2.24, 2.45) is 0 Å². The monoisotopic (exact) mass is 593 g/mol. The van der Waals surface area contributed by atoms with Gasteiger partial charge < -0.3 is 19.7 Å². The summed E-state index contributed by atoms with van der Waals surface area (Å²) < 4.78 is 38.0. The highest BCUT2D eigenvalue weighted by atomic mass is 32.2. The van der Waals surface area contributed by atoms with Gasteiger partial charge in [0, 0.05) is 38.5 Å². The molecule has 0 aromatic heterocycles. The van der Waals surface area contributed by atoms with E-state index in [9.17, 15) is 18.0 Å². The van der Waals surface area contributed by atoms with Crippen molar-refractivity contribution in [3.8, 4) is 11.5 Å². The number of hydrogen-bond acceptors (Lipinski definition) is 6. The Morgan fingerprint density at radius 2 is 1.62 bits per heavy atom. The topological polar surface area (TPSA) is 105 Å². The van der Waals surface area contributed by atoms with Crippen LogP contribution in [0.3, 0.4) is 0 Å². The lowest BCUT2D eigenvalue weighted by Crippen LogP contribution is -2.50. The van der Waals surface area contributed by atoms with E-state index >= 15 is 0 Å². The fourth-order valence-corrected chi connectivity index (χ4v) is 5.88. The molecule has 1 atom stereocenters. The lowest BCUT2D eigenvalue weighted by molar-refractivity contribution is -0.141. The van der Waals surface area contributed by atoms with Gasteiger partial charge in [-0.3, -0.25) is 13.9 Å². The number of nitrogens with zero attached hydrogens (tertiary/aromatic N) is 2. The summed E-state index contributed by atoms with van der Waals surface area (Å²) in [6.07, 6.45) is 1.82. The molecule has 42 heavy (non-hydrogen) atoms. The van der Waals surface area contributed by atoms with Crippen molar-refractivity contribution in [3.05, 3.63) is 89.5 Å². The molecular weight excluding hydrogens is 554 g/mol. The maximum Gasteiger partial charge on any atom is 0.243 e. The van der Waals surface area contributed by atoms with Gasteiger partial charge in [0.25, 0.3) is 0 Å². The Balaban J connectivity index is 1.55. The SMILES string of the molecule is CCNC(=O)[C@@H](Cc1ccccc1)N(Cc1ccc(C)cc1)C(=O)CCCN(c1ccc2c(c1)OCCO2)S(C)(=O)=O. The van der Waals surface area contributed by atoms with E-state index in [2.05, 4.69) is 5.32 Å². The molecule has 0 saturated heterocycles. The van der Waals surface area contributed by atoms with Crippen molar-refractivity contribution in [3.63, 3.8) is 0 Å². The van der Waals surface area contributed by atoms with E-state index in [-0.39, 0.29) is 37.7 Å². The normalized spacial score (nSPS) is 13.2. The van der Waals surface area contributed by atoms with Crippen LogP contribution in [0, 0.1) is 6.92 Å². The van der Waals surface area contributed by atoms with E-state index < -0.39 is 16.1 Å².